The second kappa shape index (κ2) is 5.58. The maximum Gasteiger partial charge on any atom is 0.179 e. The highest BCUT2D eigenvalue weighted by Gasteiger charge is 2.09. The van der Waals surface area contributed by atoms with E-state index in [9.17, 15) is 4.79 Å². The molecule has 18 heavy (non-hydrogen) atoms. The van der Waals surface area contributed by atoms with E-state index < -0.39 is 0 Å². The van der Waals surface area contributed by atoms with Crippen molar-refractivity contribution in [3.63, 3.8) is 0 Å². The molecule has 2 rings (SSSR count). The molecule has 0 bridgehead atoms. The van der Waals surface area contributed by atoms with Crippen molar-refractivity contribution in [2.75, 3.05) is 0 Å². The fraction of sp³-hybridized carbons (Fsp3) is 0.357. The van der Waals surface area contributed by atoms with Gasteiger partial charge in [-0.05, 0) is 18.1 Å². The zero-order valence-electron chi connectivity index (χ0n) is 10.8. The summed E-state index contributed by atoms with van der Waals surface area (Å²) in [5.41, 5.74) is 1.75. The van der Waals surface area contributed by atoms with Gasteiger partial charge in [0.25, 0.3) is 0 Å². The zero-order chi connectivity index (χ0) is 13.0. The van der Waals surface area contributed by atoms with Gasteiger partial charge in [0.05, 0.1) is 0 Å². The Kier molecular flexibility index (Phi) is 3.87. The number of aryl methyl sites for hydroxylation is 3. The molecular weight excluding hydrogens is 226 g/mol. The van der Waals surface area contributed by atoms with E-state index in [4.69, 9.17) is 0 Å². The maximum atomic E-state index is 11.3. The van der Waals surface area contributed by atoms with Gasteiger partial charge >= 0.3 is 0 Å². The largest absolute Gasteiger partial charge is 0.334 e. The molecule has 0 atom stereocenters. The molecule has 0 aliphatic rings. The Balaban J connectivity index is 2.11. The number of pyridine rings is 1. The molecule has 0 aliphatic carbocycles. The van der Waals surface area contributed by atoms with Crippen molar-refractivity contribution in [2.45, 2.75) is 33.2 Å². The molecule has 0 N–H and O–H groups in total. The minimum atomic E-state index is 0.0184. The van der Waals surface area contributed by atoms with Crippen LogP contribution >= 0.6 is 0 Å². The first-order valence-electron chi connectivity index (χ1n) is 6.16. The van der Waals surface area contributed by atoms with E-state index in [0.717, 1.165) is 25.2 Å². The molecule has 2 aromatic rings. The lowest BCUT2D eigenvalue weighted by molar-refractivity contribution is 0.101. The predicted octanol–water partition coefficient (Wildman–Crippen LogP) is 2.29. The van der Waals surface area contributed by atoms with Crippen LogP contribution in [0.5, 0.6) is 0 Å². The van der Waals surface area contributed by atoms with Gasteiger partial charge in [-0.25, -0.2) is 4.98 Å². The molecule has 0 saturated carbocycles. The van der Waals surface area contributed by atoms with E-state index in [-0.39, 0.29) is 5.78 Å². The van der Waals surface area contributed by atoms with Gasteiger partial charge in [0, 0.05) is 38.5 Å². The van der Waals surface area contributed by atoms with Crippen molar-refractivity contribution in [1.82, 2.24) is 14.5 Å². The SMILES string of the molecule is CCc1nc(C(C)=O)cn1CCc1cccnc1. The number of carbonyl (C=O) groups excluding carboxylic acids is 1. The van der Waals surface area contributed by atoms with Gasteiger partial charge in [-0.1, -0.05) is 13.0 Å². The van der Waals surface area contributed by atoms with E-state index in [1.165, 1.54) is 5.56 Å². The van der Waals surface area contributed by atoms with Crippen LogP contribution in [0, 0.1) is 0 Å². The Hall–Kier alpha value is -1.97. The Morgan fingerprint density at radius 3 is 2.89 bits per heavy atom. The first-order chi connectivity index (χ1) is 8.70. The third kappa shape index (κ3) is 2.83. The van der Waals surface area contributed by atoms with Crippen molar-refractivity contribution < 1.29 is 4.79 Å². The molecule has 2 heterocycles. The van der Waals surface area contributed by atoms with Crippen molar-refractivity contribution in [2.24, 2.45) is 0 Å². The average Bonchev–Trinajstić information content (AvgIpc) is 2.81. The topological polar surface area (TPSA) is 47.8 Å². The number of Topliss-reactive ketones (excluding diaryl/α,β-unsaturated/α-hetero) is 1. The second-order valence-electron chi connectivity index (χ2n) is 4.26. The molecule has 0 unspecified atom stereocenters. The fourth-order valence-electron chi connectivity index (χ4n) is 1.90. The monoisotopic (exact) mass is 243 g/mol. The highest BCUT2D eigenvalue weighted by atomic mass is 16.1. The smallest absolute Gasteiger partial charge is 0.179 e. The van der Waals surface area contributed by atoms with E-state index >= 15 is 0 Å². The van der Waals surface area contributed by atoms with Gasteiger partial charge in [0.1, 0.15) is 11.5 Å². The Bertz CT molecular complexity index is 531. The third-order valence-electron chi connectivity index (χ3n) is 2.90. The van der Waals surface area contributed by atoms with Gasteiger partial charge in [0.2, 0.25) is 0 Å². The minimum Gasteiger partial charge on any atom is -0.334 e. The molecular formula is C14H17N3O. The highest BCUT2D eigenvalue weighted by Crippen LogP contribution is 2.08. The Labute approximate surface area is 107 Å². The summed E-state index contributed by atoms with van der Waals surface area (Å²) in [7, 11) is 0. The molecule has 0 aliphatic heterocycles. The number of rotatable bonds is 5. The third-order valence-corrected chi connectivity index (χ3v) is 2.90. The summed E-state index contributed by atoms with van der Waals surface area (Å²) in [6.07, 6.45) is 7.22. The second-order valence-corrected chi connectivity index (χ2v) is 4.26. The standard InChI is InChI=1S/C14H17N3O/c1-3-14-16-13(11(2)18)10-17(14)8-6-12-5-4-7-15-9-12/h4-5,7,9-10H,3,6,8H2,1-2H3. The summed E-state index contributed by atoms with van der Waals surface area (Å²) in [6, 6.07) is 3.99. The number of aromatic nitrogens is 3. The lowest BCUT2D eigenvalue weighted by Gasteiger charge is -2.05. The molecule has 0 fully saturated rings. The summed E-state index contributed by atoms with van der Waals surface area (Å²) < 4.78 is 2.06. The number of hydrogen-bond donors (Lipinski definition) is 0. The number of hydrogen-bond acceptors (Lipinski definition) is 3. The van der Waals surface area contributed by atoms with Crippen molar-refractivity contribution in [3.05, 3.63) is 47.8 Å². The molecule has 94 valence electrons. The van der Waals surface area contributed by atoms with Crippen molar-refractivity contribution in [3.8, 4) is 0 Å². The van der Waals surface area contributed by atoms with E-state index in [1.807, 2.05) is 25.4 Å². The van der Waals surface area contributed by atoms with Crippen LogP contribution in [0.2, 0.25) is 0 Å². The fourth-order valence-corrected chi connectivity index (χ4v) is 1.90. The van der Waals surface area contributed by atoms with E-state index in [1.54, 1.807) is 13.1 Å². The lowest BCUT2D eigenvalue weighted by Crippen LogP contribution is -2.04. The number of carbonyl (C=O) groups is 1. The van der Waals surface area contributed by atoms with E-state index in [2.05, 4.69) is 20.6 Å². The van der Waals surface area contributed by atoms with Gasteiger partial charge in [0.15, 0.2) is 5.78 Å². The van der Waals surface area contributed by atoms with Crippen LogP contribution in [-0.4, -0.2) is 20.3 Å². The van der Waals surface area contributed by atoms with Crippen molar-refractivity contribution >= 4 is 5.78 Å². The molecule has 2 aromatic heterocycles. The molecule has 0 aromatic carbocycles. The molecule has 4 nitrogen and oxygen atoms in total. The van der Waals surface area contributed by atoms with E-state index in [0.29, 0.717) is 5.69 Å². The molecule has 0 amide bonds. The van der Waals surface area contributed by atoms with Gasteiger partial charge in [-0.15, -0.1) is 0 Å². The van der Waals surface area contributed by atoms with Crippen LogP contribution < -0.4 is 0 Å². The minimum absolute atomic E-state index is 0.0184. The summed E-state index contributed by atoms with van der Waals surface area (Å²) >= 11 is 0. The first kappa shape index (κ1) is 12.5. The Morgan fingerprint density at radius 2 is 2.28 bits per heavy atom. The van der Waals surface area contributed by atoms with Gasteiger partial charge in [-0.3, -0.25) is 9.78 Å². The quantitative estimate of drug-likeness (QED) is 0.757. The zero-order valence-corrected chi connectivity index (χ0v) is 10.8. The first-order valence-corrected chi connectivity index (χ1v) is 6.16. The Morgan fingerprint density at radius 1 is 1.44 bits per heavy atom. The van der Waals surface area contributed by atoms with Crippen LogP contribution in [0.1, 0.15) is 35.7 Å². The van der Waals surface area contributed by atoms with Crippen LogP contribution in [-0.2, 0) is 19.4 Å². The van der Waals surface area contributed by atoms with Crippen LogP contribution in [0.4, 0.5) is 0 Å². The van der Waals surface area contributed by atoms with Gasteiger partial charge < -0.3 is 4.57 Å². The summed E-state index contributed by atoms with van der Waals surface area (Å²) in [6.45, 7) is 4.43. The van der Waals surface area contributed by atoms with Crippen LogP contribution in [0.15, 0.2) is 30.7 Å². The maximum absolute atomic E-state index is 11.3. The number of ketones is 1. The summed E-state index contributed by atoms with van der Waals surface area (Å²) in [4.78, 5) is 19.7. The van der Waals surface area contributed by atoms with Crippen LogP contribution in [0.3, 0.4) is 0 Å². The van der Waals surface area contributed by atoms with Crippen LogP contribution in [0.25, 0.3) is 0 Å². The normalized spacial score (nSPS) is 10.6. The lowest BCUT2D eigenvalue weighted by atomic mass is 10.2. The molecule has 0 spiro atoms. The highest BCUT2D eigenvalue weighted by molar-refractivity contribution is 5.91. The summed E-state index contributed by atoms with van der Waals surface area (Å²) in [5, 5.41) is 0. The molecule has 0 saturated heterocycles. The average molecular weight is 243 g/mol. The number of imidazole rings is 1. The summed E-state index contributed by atoms with van der Waals surface area (Å²) in [5.74, 6) is 0.980. The molecule has 0 radical (unpaired) electrons. The van der Waals surface area contributed by atoms with Crippen molar-refractivity contribution in [1.29, 1.82) is 0 Å². The van der Waals surface area contributed by atoms with Gasteiger partial charge in [-0.2, -0.15) is 0 Å². The number of nitrogens with zero attached hydrogens (tertiary/aromatic N) is 3. The molecule has 4 heteroatoms. The predicted molar refractivity (Wildman–Crippen MR) is 69.6 cm³/mol.